The molecule has 0 aliphatic carbocycles. The molecule has 0 heterocycles. The number of nitrogens with two attached hydrogens (primary N) is 1. The standard InChI is InChI=1S/C15H14N2O5S/c16-23(20,21)14-7-3-12(4-8-14)17-15(19)10-22-13-5-1-11(9-18)2-6-13/h1-9H,10H2,(H,17,19)(H2,16,20,21). The van der Waals surface area contributed by atoms with Crippen LogP contribution in [0.25, 0.3) is 0 Å². The van der Waals surface area contributed by atoms with Gasteiger partial charge in [-0.05, 0) is 48.5 Å². The number of rotatable bonds is 6. The molecule has 0 fully saturated rings. The van der Waals surface area contributed by atoms with Gasteiger partial charge in [-0.1, -0.05) is 0 Å². The lowest BCUT2D eigenvalue weighted by Crippen LogP contribution is -2.20. The summed E-state index contributed by atoms with van der Waals surface area (Å²) in [6.45, 7) is -0.225. The predicted molar refractivity (Wildman–Crippen MR) is 83.8 cm³/mol. The highest BCUT2D eigenvalue weighted by atomic mass is 32.2. The van der Waals surface area contributed by atoms with Gasteiger partial charge in [0.25, 0.3) is 5.91 Å². The molecule has 0 saturated carbocycles. The first-order chi connectivity index (χ1) is 10.9. The molecule has 2 aromatic carbocycles. The molecule has 0 saturated heterocycles. The zero-order valence-corrected chi connectivity index (χ0v) is 12.7. The minimum Gasteiger partial charge on any atom is -0.484 e. The van der Waals surface area contributed by atoms with E-state index in [4.69, 9.17) is 9.88 Å². The number of ether oxygens (including phenoxy) is 1. The van der Waals surface area contributed by atoms with Crippen molar-refractivity contribution in [3.63, 3.8) is 0 Å². The molecule has 0 radical (unpaired) electrons. The van der Waals surface area contributed by atoms with Crippen molar-refractivity contribution in [1.82, 2.24) is 0 Å². The zero-order chi connectivity index (χ0) is 16.9. The topological polar surface area (TPSA) is 116 Å². The van der Waals surface area contributed by atoms with E-state index in [1.807, 2.05) is 0 Å². The summed E-state index contributed by atoms with van der Waals surface area (Å²) in [6.07, 6.45) is 0.710. The molecular weight excluding hydrogens is 320 g/mol. The Bertz CT molecular complexity index is 799. The van der Waals surface area contributed by atoms with Gasteiger partial charge in [0, 0.05) is 11.3 Å². The summed E-state index contributed by atoms with van der Waals surface area (Å²) >= 11 is 0. The van der Waals surface area contributed by atoms with Crippen molar-refractivity contribution in [2.45, 2.75) is 4.90 Å². The van der Waals surface area contributed by atoms with Crippen molar-refractivity contribution in [2.75, 3.05) is 11.9 Å². The first kappa shape index (κ1) is 16.7. The Labute approximate surface area is 133 Å². The Morgan fingerprint density at radius 3 is 2.22 bits per heavy atom. The third-order valence-corrected chi connectivity index (χ3v) is 3.78. The molecule has 0 aromatic heterocycles. The summed E-state index contributed by atoms with van der Waals surface area (Å²) in [5.41, 5.74) is 0.930. The van der Waals surface area contributed by atoms with Crippen molar-refractivity contribution in [1.29, 1.82) is 0 Å². The van der Waals surface area contributed by atoms with Crippen LogP contribution in [-0.4, -0.2) is 27.2 Å². The number of benzene rings is 2. The van der Waals surface area contributed by atoms with Gasteiger partial charge in [-0.25, -0.2) is 13.6 Å². The van der Waals surface area contributed by atoms with Gasteiger partial charge in [0.05, 0.1) is 4.90 Å². The quantitative estimate of drug-likeness (QED) is 0.769. The van der Waals surface area contributed by atoms with Gasteiger partial charge in [-0.3, -0.25) is 9.59 Å². The summed E-state index contributed by atoms with van der Waals surface area (Å²) in [6, 6.07) is 11.8. The summed E-state index contributed by atoms with van der Waals surface area (Å²) < 4.78 is 27.5. The maximum absolute atomic E-state index is 11.8. The van der Waals surface area contributed by atoms with E-state index < -0.39 is 15.9 Å². The smallest absolute Gasteiger partial charge is 0.262 e. The summed E-state index contributed by atoms with van der Waals surface area (Å²) in [4.78, 5) is 22.2. The molecule has 1 amide bonds. The molecule has 120 valence electrons. The minimum absolute atomic E-state index is 0.0398. The second-order valence-electron chi connectivity index (χ2n) is 4.59. The molecule has 8 heteroatoms. The third-order valence-electron chi connectivity index (χ3n) is 2.85. The van der Waals surface area contributed by atoms with Crippen molar-refractivity contribution in [3.8, 4) is 5.75 Å². The van der Waals surface area contributed by atoms with Crippen LogP contribution in [0.15, 0.2) is 53.4 Å². The van der Waals surface area contributed by atoms with Gasteiger partial charge < -0.3 is 10.1 Å². The third kappa shape index (κ3) is 4.90. The minimum atomic E-state index is -3.76. The van der Waals surface area contributed by atoms with E-state index in [0.717, 1.165) is 0 Å². The highest BCUT2D eigenvalue weighted by molar-refractivity contribution is 7.89. The van der Waals surface area contributed by atoms with Crippen LogP contribution < -0.4 is 15.2 Å². The number of hydrogen-bond acceptors (Lipinski definition) is 5. The van der Waals surface area contributed by atoms with Crippen LogP contribution in [-0.2, 0) is 14.8 Å². The monoisotopic (exact) mass is 334 g/mol. The van der Waals surface area contributed by atoms with E-state index in [1.165, 1.54) is 24.3 Å². The van der Waals surface area contributed by atoms with Crippen molar-refractivity contribution >= 4 is 27.9 Å². The lowest BCUT2D eigenvalue weighted by Gasteiger charge is -2.08. The lowest BCUT2D eigenvalue weighted by molar-refractivity contribution is -0.118. The van der Waals surface area contributed by atoms with Crippen molar-refractivity contribution < 1.29 is 22.7 Å². The van der Waals surface area contributed by atoms with Crippen LogP contribution in [0.1, 0.15) is 10.4 Å². The van der Waals surface area contributed by atoms with Crippen molar-refractivity contribution in [2.24, 2.45) is 5.14 Å². The molecule has 0 atom stereocenters. The van der Waals surface area contributed by atoms with Crippen LogP contribution in [0.3, 0.4) is 0 Å². The molecule has 7 nitrogen and oxygen atoms in total. The second-order valence-corrected chi connectivity index (χ2v) is 6.15. The van der Waals surface area contributed by atoms with E-state index in [0.29, 0.717) is 23.3 Å². The summed E-state index contributed by atoms with van der Waals surface area (Å²) in [7, 11) is -3.76. The number of carbonyl (C=O) groups is 2. The van der Waals surface area contributed by atoms with Crippen LogP contribution in [0.4, 0.5) is 5.69 Å². The molecule has 23 heavy (non-hydrogen) atoms. The number of anilines is 1. The molecule has 0 aliphatic heterocycles. The Kier molecular flexibility index (Phi) is 5.09. The number of amides is 1. The Morgan fingerprint density at radius 2 is 1.70 bits per heavy atom. The highest BCUT2D eigenvalue weighted by Gasteiger charge is 2.08. The molecule has 0 aliphatic rings. The highest BCUT2D eigenvalue weighted by Crippen LogP contribution is 2.13. The maximum Gasteiger partial charge on any atom is 0.262 e. The predicted octanol–water partition coefficient (Wildman–Crippen LogP) is 1.16. The van der Waals surface area contributed by atoms with E-state index in [1.54, 1.807) is 24.3 Å². The fourth-order valence-electron chi connectivity index (χ4n) is 1.72. The molecule has 3 N–H and O–H groups in total. The maximum atomic E-state index is 11.8. The first-order valence-corrected chi connectivity index (χ1v) is 8.04. The molecule has 0 bridgehead atoms. The number of nitrogens with one attached hydrogen (secondary N) is 1. The fourth-order valence-corrected chi connectivity index (χ4v) is 2.23. The SMILES string of the molecule is NS(=O)(=O)c1ccc(NC(=O)COc2ccc(C=O)cc2)cc1. The van der Waals surface area contributed by atoms with Crippen LogP contribution in [0.5, 0.6) is 5.75 Å². The van der Waals surface area contributed by atoms with Gasteiger partial charge in [0.15, 0.2) is 6.61 Å². The summed E-state index contributed by atoms with van der Waals surface area (Å²) in [5.74, 6) is 0.0446. The Balaban J connectivity index is 1.90. The number of aldehydes is 1. The van der Waals surface area contributed by atoms with E-state index >= 15 is 0 Å². The lowest BCUT2D eigenvalue weighted by atomic mass is 10.2. The van der Waals surface area contributed by atoms with Gasteiger partial charge >= 0.3 is 0 Å². The van der Waals surface area contributed by atoms with Crippen molar-refractivity contribution in [3.05, 3.63) is 54.1 Å². The van der Waals surface area contributed by atoms with E-state index in [-0.39, 0.29) is 11.5 Å². The Morgan fingerprint density at radius 1 is 1.09 bits per heavy atom. The van der Waals surface area contributed by atoms with Crippen LogP contribution in [0.2, 0.25) is 0 Å². The van der Waals surface area contributed by atoms with Gasteiger partial charge in [0.2, 0.25) is 10.0 Å². The van der Waals surface area contributed by atoms with Gasteiger partial charge in [-0.2, -0.15) is 0 Å². The first-order valence-electron chi connectivity index (χ1n) is 6.49. The molecule has 2 aromatic rings. The van der Waals surface area contributed by atoms with Crippen LogP contribution >= 0.6 is 0 Å². The van der Waals surface area contributed by atoms with E-state index in [9.17, 15) is 18.0 Å². The summed E-state index contributed by atoms with van der Waals surface area (Å²) in [5, 5.41) is 7.54. The number of primary sulfonamides is 1. The second kappa shape index (κ2) is 7.03. The molecule has 0 unspecified atom stereocenters. The average Bonchev–Trinajstić information content (AvgIpc) is 2.53. The van der Waals surface area contributed by atoms with Gasteiger partial charge in [-0.15, -0.1) is 0 Å². The number of hydrogen-bond donors (Lipinski definition) is 2. The van der Waals surface area contributed by atoms with Crippen LogP contribution in [0, 0.1) is 0 Å². The van der Waals surface area contributed by atoms with Gasteiger partial charge in [0.1, 0.15) is 12.0 Å². The molecule has 2 rings (SSSR count). The number of carbonyl (C=O) groups excluding carboxylic acids is 2. The normalized spacial score (nSPS) is 10.8. The molecule has 0 spiro atoms. The average molecular weight is 334 g/mol. The Hall–Kier alpha value is -2.71. The van der Waals surface area contributed by atoms with E-state index in [2.05, 4.69) is 5.32 Å². The fraction of sp³-hybridized carbons (Fsp3) is 0.0667. The zero-order valence-electron chi connectivity index (χ0n) is 11.9. The molecular formula is C15H14N2O5S. The number of sulfonamides is 1. The largest absolute Gasteiger partial charge is 0.484 e.